The molecule has 1 aliphatic rings. The lowest BCUT2D eigenvalue weighted by Gasteiger charge is -2.12. The van der Waals surface area contributed by atoms with E-state index in [-0.39, 0.29) is 6.54 Å². The van der Waals surface area contributed by atoms with Crippen LogP contribution in [0.2, 0.25) is 0 Å². The molecule has 0 bridgehead atoms. The van der Waals surface area contributed by atoms with Gasteiger partial charge < -0.3 is 4.74 Å². The van der Waals surface area contributed by atoms with Crippen molar-refractivity contribution in [2.24, 2.45) is 0 Å². The summed E-state index contributed by atoms with van der Waals surface area (Å²) in [5.74, 6) is -1.43. The van der Waals surface area contributed by atoms with Crippen LogP contribution in [0.4, 0.5) is 0 Å². The van der Waals surface area contributed by atoms with Crippen molar-refractivity contribution in [2.75, 3.05) is 13.2 Å². The minimum absolute atomic E-state index is 0.290. The Kier molecular flexibility index (Phi) is 8.40. The maximum Gasteiger partial charge on any atom is 0.326 e. The Bertz CT molecular complexity index is 372. The summed E-state index contributed by atoms with van der Waals surface area (Å²) in [5, 5.41) is 0. The lowest BCUT2D eigenvalue weighted by Crippen LogP contribution is -2.35. The highest BCUT2D eigenvalue weighted by molar-refractivity contribution is 6.14. The summed E-state index contributed by atoms with van der Waals surface area (Å²) in [7, 11) is 0. The number of ether oxygens (including phenoxy) is 1. The second-order valence-corrected chi connectivity index (χ2v) is 5.29. The van der Waals surface area contributed by atoms with Gasteiger partial charge in [-0.3, -0.25) is 19.3 Å². The SMILES string of the molecule is CCCCCCCCCCOC(=O)CN1C(=O)C=CC1=O. The monoisotopic (exact) mass is 295 g/mol. The Morgan fingerprint density at radius 3 is 2.05 bits per heavy atom. The normalized spacial score (nSPS) is 14.0. The van der Waals surface area contributed by atoms with Crippen LogP contribution in [0.5, 0.6) is 0 Å². The number of carbonyl (C=O) groups is 3. The third-order valence-corrected chi connectivity index (χ3v) is 3.45. The highest BCUT2D eigenvalue weighted by Crippen LogP contribution is 2.08. The van der Waals surface area contributed by atoms with Gasteiger partial charge >= 0.3 is 5.97 Å². The van der Waals surface area contributed by atoms with Crippen molar-refractivity contribution in [3.8, 4) is 0 Å². The Morgan fingerprint density at radius 2 is 1.48 bits per heavy atom. The quantitative estimate of drug-likeness (QED) is 0.334. The summed E-state index contributed by atoms with van der Waals surface area (Å²) >= 11 is 0. The molecule has 1 aliphatic heterocycles. The molecule has 5 heteroatoms. The van der Waals surface area contributed by atoms with Crippen LogP contribution in [0.25, 0.3) is 0 Å². The lowest BCUT2D eigenvalue weighted by molar-refractivity contribution is -0.151. The molecule has 1 rings (SSSR count). The van der Waals surface area contributed by atoms with Crippen LogP contribution >= 0.6 is 0 Å². The summed E-state index contributed by atoms with van der Waals surface area (Å²) in [6.45, 7) is 2.27. The molecule has 0 aromatic carbocycles. The van der Waals surface area contributed by atoms with E-state index in [0.29, 0.717) is 6.61 Å². The standard InChI is InChI=1S/C16H25NO4/c1-2-3-4-5-6-7-8-9-12-21-16(20)13-17-14(18)10-11-15(17)19/h10-11H,2-9,12-13H2,1H3. The fraction of sp³-hybridized carbons (Fsp3) is 0.688. The van der Waals surface area contributed by atoms with Crippen LogP contribution in [0.15, 0.2) is 12.2 Å². The third kappa shape index (κ3) is 7.06. The van der Waals surface area contributed by atoms with Crippen LogP contribution < -0.4 is 0 Å². The molecule has 5 nitrogen and oxygen atoms in total. The van der Waals surface area contributed by atoms with Gasteiger partial charge in [0.15, 0.2) is 0 Å². The number of amides is 2. The first-order chi connectivity index (χ1) is 10.1. The van der Waals surface area contributed by atoms with E-state index in [2.05, 4.69) is 6.92 Å². The van der Waals surface area contributed by atoms with Crippen molar-refractivity contribution >= 4 is 17.8 Å². The molecule has 0 saturated heterocycles. The lowest BCUT2D eigenvalue weighted by atomic mass is 10.1. The second kappa shape index (κ2) is 10.1. The van der Waals surface area contributed by atoms with Gasteiger partial charge in [0.1, 0.15) is 6.54 Å². The predicted molar refractivity (Wildman–Crippen MR) is 79.4 cm³/mol. The van der Waals surface area contributed by atoms with E-state index in [9.17, 15) is 14.4 Å². The minimum atomic E-state index is -0.525. The van der Waals surface area contributed by atoms with Crippen molar-refractivity contribution < 1.29 is 19.1 Å². The van der Waals surface area contributed by atoms with Crippen LogP contribution in [-0.4, -0.2) is 35.8 Å². The number of imide groups is 1. The average Bonchev–Trinajstić information content (AvgIpc) is 2.77. The fourth-order valence-electron chi connectivity index (χ4n) is 2.18. The van der Waals surface area contributed by atoms with E-state index in [4.69, 9.17) is 4.74 Å². The Morgan fingerprint density at radius 1 is 0.952 bits per heavy atom. The molecule has 0 aromatic rings. The van der Waals surface area contributed by atoms with Gasteiger partial charge in [0.05, 0.1) is 6.61 Å². The van der Waals surface area contributed by atoms with E-state index in [1.807, 2.05) is 0 Å². The van der Waals surface area contributed by atoms with Gasteiger partial charge in [0, 0.05) is 12.2 Å². The van der Waals surface area contributed by atoms with E-state index >= 15 is 0 Å². The van der Waals surface area contributed by atoms with Gasteiger partial charge in [0.25, 0.3) is 11.8 Å². The molecule has 0 fully saturated rings. The van der Waals surface area contributed by atoms with E-state index in [0.717, 1.165) is 36.3 Å². The average molecular weight is 295 g/mol. The first-order valence-electron chi connectivity index (χ1n) is 7.84. The first-order valence-corrected chi connectivity index (χ1v) is 7.84. The molecular weight excluding hydrogens is 270 g/mol. The van der Waals surface area contributed by atoms with Gasteiger partial charge in [0.2, 0.25) is 0 Å². The predicted octanol–water partition coefficient (Wildman–Crippen LogP) is 2.60. The van der Waals surface area contributed by atoms with Gasteiger partial charge in [-0.05, 0) is 6.42 Å². The van der Waals surface area contributed by atoms with Gasteiger partial charge in [-0.1, -0.05) is 51.9 Å². The van der Waals surface area contributed by atoms with E-state index < -0.39 is 17.8 Å². The van der Waals surface area contributed by atoms with Crippen LogP contribution in [0, 0.1) is 0 Å². The number of nitrogens with zero attached hydrogens (tertiary/aromatic N) is 1. The van der Waals surface area contributed by atoms with Crippen LogP contribution in [-0.2, 0) is 19.1 Å². The molecule has 0 radical (unpaired) electrons. The Balaban J connectivity index is 1.97. The molecule has 21 heavy (non-hydrogen) atoms. The third-order valence-electron chi connectivity index (χ3n) is 3.45. The van der Waals surface area contributed by atoms with Crippen molar-refractivity contribution in [3.05, 3.63) is 12.2 Å². The molecule has 0 aromatic heterocycles. The molecule has 0 aliphatic carbocycles. The number of esters is 1. The van der Waals surface area contributed by atoms with Crippen molar-refractivity contribution in [3.63, 3.8) is 0 Å². The van der Waals surface area contributed by atoms with Crippen LogP contribution in [0.3, 0.4) is 0 Å². The van der Waals surface area contributed by atoms with Gasteiger partial charge in [-0.2, -0.15) is 0 Å². The molecule has 2 amide bonds. The topological polar surface area (TPSA) is 63.7 Å². The summed E-state index contributed by atoms with van der Waals surface area (Å²) in [4.78, 5) is 34.9. The zero-order chi connectivity index (χ0) is 15.5. The minimum Gasteiger partial charge on any atom is -0.464 e. The number of unbranched alkanes of at least 4 members (excludes halogenated alkanes) is 7. The molecule has 0 spiro atoms. The Hall–Kier alpha value is -1.65. The zero-order valence-corrected chi connectivity index (χ0v) is 12.8. The highest BCUT2D eigenvalue weighted by Gasteiger charge is 2.25. The Labute approximate surface area is 126 Å². The van der Waals surface area contributed by atoms with Crippen molar-refractivity contribution in [1.29, 1.82) is 0 Å². The summed E-state index contributed by atoms with van der Waals surface area (Å²) < 4.78 is 5.03. The smallest absolute Gasteiger partial charge is 0.326 e. The molecule has 0 atom stereocenters. The number of carbonyl (C=O) groups excluding carboxylic acids is 3. The number of hydrogen-bond donors (Lipinski definition) is 0. The van der Waals surface area contributed by atoms with Gasteiger partial charge in [-0.15, -0.1) is 0 Å². The zero-order valence-electron chi connectivity index (χ0n) is 12.8. The molecule has 0 saturated carbocycles. The maximum absolute atomic E-state index is 11.5. The summed E-state index contributed by atoms with van der Waals surface area (Å²) in [5.41, 5.74) is 0. The maximum atomic E-state index is 11.5. The fourth-order valence-corrected chi connectivity index (χ4v) is 2.18. The molecule has 1 heterocycles. The molecule has 0 N–H and O–H groups in total. The summed E-state index contributed by atoms with van der Waals surface area (Å²) in [6, 6.07) is 0. The number of rotatable bonds is 11. The van der Waals surface area contributed by atoms with Crippen LogP contribution in [0.1, 0.15) is 58.3 Å². The molecule has 118 valence electrons. The number of hydrogen-bond acceptors (Lipinski definition) is 4. The largest absolute Gasteiger partial charge is 0.464 e. The highest BCUT2D eigenvalue weighted by atomic mass is 16.5. The molecule has 0 unspecified atom stereocenters. The van der Waals surface area contributed by atoms with Gasteiger partial charge in [-0.25, -0.2) is 0 Å². The summed E-state index contributed by atoms with van der Waals surface area (Å²) in [6.07, 6.45) is 11.7. The second-order valence-electron chi connectivity index (χ2n) is 5.29. The van der Waals surface area contributed by atoms with Crippen molar-refractivity contribution in [2.45, 2.75) is 58.3 Å². The van der Waals surface area contributed by atoms with Crippen molar-refractivity contribution in [1.82, 2.24) is 4.90 Å². The molecular formula is C16H25NO4. The van der Waals surface area contributed by atoms with E-state index in [1.54, 1.807) is 0 Å². The van der Waals surface area contributed by atoms with E-state index in [1.165, 1.54) is 32.1 Å². The first kappa shape index (κ1) is 17.4.